The van der Waals surface area contributed by atoms with Crippen LogP contribution >= 0.6 is 0 Å². The van der Waals surface area contributed by atoms with Crippen LogP contribution in [0.1, 0.15) is 26.3 Å². The van der Waals surface area contributed by atoms with Gasteiger partial charge in [0.25, 0.3) is 0 Å². The van der Waals surface area contributed by atoms with Gasteiger partial charge in [-0.05, 0) is 0 Å². The predicted octanol–water partition coefficient (Wildman–Crippen LogP) is 5.37. The van der Waals surface area contributed by atoms with Crippen LogP contribution < -0.4 is 14.8 Å². The zero-order chi connectivity index (χ0) is 27.1. The molecule has 0 N–H and O–H groups in total. The molecule has 0 bridgehead atoms. The Bertz CT molecular complexity index is 1240. The first-order chi connectivity index (χ1) is 19.0. The van der Waals surface area contributed by atoms with Crippen LogP contribution in [-0.2, 0) is 20.5 Å². The number of rotatable bonds is 10. The Morgan fingerprint density at radius 1 is 0.744 bits per heavy atom. The average molecular weight is 602 g/mol. The monoisotopic (exact) mass is 602 g/mol. The molecule has 1 unspecified atom stereocenters. The second-order valence-electron chi connectivity index (χ2n) is 11.1. The van der Waals surface area contributed by atoms with Gasteiger partial charge < -0.3 is 0 Å². The molecule has 4 aromatic rings. The van der Waals surface area contributed by atoms with Crippen LogP contribution in [0.15, 0.2) is 121 Å². The van der Waals surface area contributed by atoms with Gasteiger partial charge in [0.05, 0.1) is 0 Å². The van der Waals surface area contributed by atoms with Crippen molar-refractivity contribution in [2.45, 2.75) is 49.4 Å². The van der Waals surface area contributed by atoms with Crippen molar-refractivity contribution < 1.29 is 13.9 Å². The van der Waals surface area contributed by atoms with Crippen molar-refractivity contribution in [2.75, 3.05) is 13.2 Å². The minimum absolute atomic E-state index is 0.0244. The van der Waals surface area contributed by atoms with Gasteiger partial charge in [0, 0.05) is 0 Å². The van der Waals surface area contributed by atoms with Crippen LogP contribution in [0, 0.1) is 0 Å². The normalized spacial score (nSPS) is 19.7. The Balaban J connectivity index is 1.43. The van der Waals surface area contributed by atoms with Gasteiger partial charge in [-0.25, -0.2) is 0 Å². The Morgan fingerprint density at radius 3 is 1.79 bits per heavy atom. The molecule has 39 heavy (non-hydrogen) atoms. The molecule has 0 saturated carbocycles. The van der Waals surface area contributed by atoms with E-state index in [1.807, 2.05) is 6.07 Å². The van der Waals surface area contributed by atoms with Crippen LogP contribution in [-0.4, -0.2) is 48.7 Å². The van der Waals surface area contributed by atoms with E-state index in [0.29, 0.717) is 24.6 Å². The van der Waals surface area contributed by atoms with Crippen LogP contribution in [0.25, 0.3) is 0 Å². The van der Waals surface area contributed by atoms with Gasteiger partial charge in [-0.15, -0.1) is 0 Å². The predicted molar refractivity (Wildman–Crippen MR) is 164 cm³/mol. The topological polar surface area (TPSA) is 27.7 Å². The van der Waals surface area contributed by atoms with Crippen molar-refractivity contribution in [1.82, 2.24) is 0 Å². The summed E-state index contributed by atoms with van der Waals surface area (Å²) < 4.78 is 21.8. The van der Waals surface area contributed by atoms with Crippen molar-refractivity contribution in [1.29, 1.82) is 0 Å². The van der Waals surface area contributed by atoms with E-state index >= 15 is 0 Å². The van der Waals surface area contributed by atoms with E-state index < -0.39 is 8.32 Å². The number of benzene rings is 4. The molecule has 1 heterocycles. The summed E-state index contributed by atoms with van der Waals surface area (Å²) >= 11 is 0.245. The van der Waals surface area contributed by atoms with Crippen LogP contribution in [0.2, 0.25) is 9.85 Å². The third-order valence-electron chi connectivity index (χ3n) is 7.40. The molecule has 4 aromatic carbocycles. The standard InChI is InChI=1S/C34H38O3SeSi/c1-34(2,3)39(29-20-12-6-13-21-29,30-22-14-7-15-23-30)37-25-31-33(36-24-27-16-8-4-9-17-27)32(26-35-31)38-28-18-10-5-11-19-28/h4-23,31-33H,24-26H2,1-3H3/t31-,32?,33-/m1/s1. The van der Waals surface area contributed by atoms with Gasteiger partial charge in [0.15, 0.2) is 0 Å². The van der Waals surface area contributed by atoms with E-state index in [1.165, 1.54) is 20.4 Å². The molecule has 1 saturated heterocycles. The summed E-state index contributed by atoms with van der Waals surface area (Å²) in [7, 11) is -2.66. The number of hydrogen-bond donors (Lipinski definition) is 0. The quantitative estimate of drug-likeness (QED) is 0.229. The van der Waals surface area contributed by atoms with Crippen LogP contribution in [0.3, 0.4) is 0 Å². The first-order valence-electron chi connectivity index (χ1n) is 13.7. The maximum atomic E-state index is 7.27. The Kier molecular flexibility index (Phi) is 9.19. The van der Waals surface area contributed by atoms with Gasteiger partial charge in [0.1, 0.15) is 0 Å². The molecule has 5 heteroatoms. The minimum atomic E-state index is -2.66. The Hall–Kier alpha value is -2.50. The van der Waals surface area contributed by atoms with E-state index in [1.54, 1.807) is 0 Å². The van der Waals surface area contributed by atoms with Crippen molar-refractivity contribution in [3.05, 3.63) is 127 Å². The molecule has 0 spiro atoms. The number of ether oxygens (including phenoxy) is 2. The van der Waals surface area contributed by atoms with Crippen LogP contribution in [0.5, 0.6) is 0 Å². The van der Waals surface area contributed by atoms with E-state index in [4.69, 9.17) is 13.9 Å². The molecule has 0 radical (unpaired) electrons. The zero-order valence-corrected chi connectivity index (χ0v) is 25.7. The summed E-state index contributed by atoms with van der Waals surface area (Å²) in [5.41, 5.74) is 1.18. The zero-order valence-electron chi connectivity index (χ0n) is 23.0. The van der Waals surface area contributed by atoms with E-state index in [-0.39, 0.29) is 32.2 Å². The average Bonchev–Trinajstić information content (AvgIpc) is 3.34. The fraction of sp³-hybridized carbons (Fsp3) is 0.294. The summed E-state index contributed by atoms with van der Waals surface area (Å²) in [6.45, 7) is 8.74. The molecule has 202 valence electrons. The molecule has 1 aliphatic rings. The number of hydrogen-bond acceptors (Lipinski definition) is 3. The van der Waals surface area contributed by atoms with Crippen molar-refractivity contribution in [3.63, 3.8) is 0 Å². The molecule has 5 rings (SSSR count). The molecule has 0 amide bonds. The third kappa shape index (κ3) is 6.46. The summed E-state index contributed by atoms with van der Waals surface area (Å²) in [5.74, 6) is 0. The fourth-order valence-electron chi connectivity index (χ4n) is 5.52. The van der Waals surface area contributed by atoms with Gasteiger partial charge in [0.2, 0.25) is 0 Å². The Labute approximate surface area is 240 Å². The van der Waals surface area contributed by atoms with Crippen LogP contribution in [0.4, 0.5) is 0 Å². The fourth-order valence-corrected chi connectivity index (χ4v) is 12.6. The molecule has 1 fully saturated rings. The van der Waals surface area contributed by atoms with Gasteiger partial charge >= 0.3 is 242 Å². The van der Waals surface area contributed by atoms with Gasteiger partial charge in [-0.2, -0.15) is 0 Å². The van der Waals surface area contributed by atoms with E-state index in [2.05, 4.69) is 136 Å². The summed E-state index contributed by atoms with van der Waals surface area (Å²) in [6.07, 6.45) is -0.144. The molecule has 3 atom stereocenters. The first kappa shape index (κ1) is 28.0. The summed E-state index contributed by atoms with van der Waals surface area (Å²) in [6, 6.07) is 42.9. The molecule has 0 aromatic heterocycles. The summed E-state index contributed by atoms with van der Waals surface area (Å²) in [4.78, 5) is 0.330. The van der Waals surface area contributed by atoms with Crippen molar-refractivity contribution >= 4 is 38.1 Å². The molecular formula is C34H38O3SeSi. The molecule has 3 nitrogen and oxygen atoms in total. The first-order valence-corrected chi connectivity index (χ1v) is 17.5. The van der Waals surface area contributed by atoms with Gasteiger partial charge in [-0.3, -0.25) is 0 Å². The molecule has 1 aliphatic heterocycles. The van der Waals surface area contributed by atoms with E-state index in [0.717, 1.165) is 0 Å². The second kappa shape index (κ2) is 12.8. The summed E-state index contributed by atoms with van der Waals surface area (Å²) in [5, 5.41) is 2.49. The SMILES string of the molecule is CC(C)(C)[Si](OC[C@H]1OCC([Se]c2ccccc2)[C@@H]1OCc1ccccc1)(c1ccccc1)c1ccccc1. The molecule has 0 aliphatic carbocycles. The maximum absolute atomic E-state index is 7.27. The third-order valence-corrected chi connectivity index (χ3v) is 15.0. The molecular weight excluding hydrogens is 563 g/mol. The van der Waals surface area contributed by atoms with Gasteiger partial charge in [-0.1, -0.05) is 0 Å². The Morgan fingerprint density at radius 2 is 1.26 bits per heavy atom. The van der Waals surface area contributed by atoms with Crippen molar-refractivity contribution in [3.8, 4) is 0 Å². The second-order valence-corrected chi connectivity index (χ2v) is 18.1. The van der Waals surface area contributed by atoms with Crippen molar-refractivity contribution in [2.24, 2.45) is 0 Å². The van der Waals surface area contributed by atoms with E-state index in [9.17, 15) is 0 Å².